The fraction of sp³-hybridized carbons (Fsp3) is 0.222. The zero-order valence-electron chi connectivity index (χ0n) is 7.35. The van der Waals surface area contributed by atoms with Crippen molar-refractivity contribution < 1.29 is 4.79 Å². The van der Waals surface area contributed by atoms with Crippen LogP contribution in [0.3, 0.4) is 0 Å². The van der Waals surface area contributed by atoms with E-state index in [4.69, 9.17) is 40.5 Å². The predicted octanol–water partition coefficient (Wildman–Crippen LogP) is 3.39. The van der Waals surface area contributed by atoms with Gasteiger partial charge in [-0.1, -0.05) is 23.2 Å². The summed E-state index contributed by atoms with van der Waals surface area (Å²) in [7, 11) is 0. The molecule has 2 nitrogen and oxygen atoms in total. The van der Waals surface area contributed by atoms with Gasteiger partial charge >= 0.3 is 0 Å². The molecule has 0 saturated carbocycles. The molecule has 2 N–H and O–H groups in total. The van der Waals surface area contributed by atoms with Crippen LogP contribution in [0.5, 0.6) is 0 Å². The normalized spacial score (nSPS) is 12.6. The Kier molecular flexibility index (Phi) is 3.65. The monoisotopic (exact) mass is 251 g/mol. The lowest BCUT2D eigenvalue weighted by Gasteiger charge is -2.06. The highest BCUT2D eigenvalue weighted by molar-refractivity contribution is 6.40. The summed E-state index contributed by atoms with van der Waals surface area (Å²) in [4.78, 5) is 11.5. The van der Waals surface area contributed by atoms with E-state index in [9.17, 15) is 4.79 Å². The third kappa shape index (κ3) is 2.32. The Bertz CT molecular complexity index is 353. The molecule has 14 heavy (non-hydrogen) atoms. The third-order valence-electron chi connectivity index (χ3n) is 1.72. The molecule has 1 atom stereocenters. The van der Waals surface area contributed by atoms with Crippen molar-refractivity contribution >= 4 is 46.3 Å². The number of halogens is 3. The molecule has 0 bridgehead atoms. The molecular formula is C9H8Cl3NO. The van der Waals surface area contributed by atoms with Crippen LogP contribution in [0.4, 0.5) is 5.69 Å². The van der Waals surface area contributed by atoms with Crippen LogP contribution in [0.2, 0.25) is 10.0 Å². The smallest absolute Gasteiger partial charge is 0.180 e. The van der Waals surface area contributed by atoms with Crippen LogP contribution in [-0.2, 0) is 0 Å². The number of benzene rings is 1. The van der Waals surface area contributed by atoms with Gasteiger partial charge in [0.15, 0.2) is 5.78 Å². The largest absolute Gasteiger partial charge is 0.396 e. The molecular weight excluding hydrogens is 244 g/mol. The van der Waals surface area contributed by atoms with E-state index in [1.807, 2.05) is 0 Å². The number of anilines is 1. The average Bonchev–Trinajstić information content (AvgIpc) is 2.12. The highest BCUT2D eigenvalue weighted by Crippen LogP contribution is 2.29. The van der Waals surface area contributed by atoms with E-state index in [1.54, 1.807) is 6.92 Å². The number of hydrogen-bond donors (Lipinski definition) is 1. The summed E-state index contributed by atoms with van der Waals surface area (Å²) in [5, 5.41) is -0.0814. The van der Waals surface area contributed by atoms with Crippen LogP contribution in [-0.4, -0.2) is 11.2 Å². The second-order valence-corrected chi connectivity index (χ2v) is 4.30. The average molecular weight is 253 g/mol. The Morgan fingerprint density at radius 2 is 1.79 bits per heavy atom. The second kappa shape index (κ2) is 4.39. The van der Waals surface area contributed by atoms with Gasteiger partial charge in [-0.2, -0.15) is 0 Å². The fourth-order valence-electron chi connectivity index (χ4n) is 0.956. The maximum absolute atomic E-state index is 11.5. The van der Waals surface area contributed by atoms with Crippen LogP contribution >= 0.6 is 34.8 Å². The highest BCUT2D eigenvalue weighted by Gasteiger charge is 2.15. The number of carbonyl (C=O) groups is 1. The van der Waals surface area contributed by atoms with Gasteiger partial charge in [-0.25, -0.2) is 0 Å². The molecule has 76 valence electrons. The summed E-state index contributed by atoms with van der Waals surface area (Å²) >= 11 is 17.2. The lowest BCUT2D eigenvalue weighted by molar-refractivity contribution is 0.0992. The highest BCUT2D eigenvalue weighted by atomic mass is 35.5. The van der Waals surface area contributed by atoms with Crippen LogP contribution in [0, 0.1) is 0 Å². The van der Waals surface area contributed by atoms with Crippen molar-refractivity contribution in [2.24, 2.45) is 0 Å². The summed E-state index contributed by atoms with van der Waals surface area (Å²) in [5.74, 6) is -0.226. The molecule has 0 aliphatic rings. The molecule has 0 amide bonds. The van der Waals surface area contributed by atoms with Gasteiger partial charge in [0.2, 0.25) is 0 Å². The molecule has 0 fully saturated rings. The van der Waals surface area contributed by atoms with Gasteiger partial charge in [0.05, 0.1) is 21.1 Å². The Balaban J connectivity index is 3.19. The predicted molar refractivity (Wildman–Crippen MR) is 60.5 cm³/mol. The number of Topliss-reactive ketones (excluding diaryl/α,β-unsaturated/α-hetero) is 1. The van der Waals surface area contributed by atoms with Crippen molar-refractivity contribution in [1.29, 1.82) is 0 Å². The zero-order valence-corrected chi connectivity index (χ0v) is 9.62. The Labute approximate surface area is 96.9 Å². The van der Waals surface area contributed by atoms with E-state index in [0.29, 0.717) is 5.56 Å². The summed E-state index contributed by atoms with van der Waals surface area (Å²) < 4.78 is 0. The zero-order chi connectivity index (χ0) is 10.9. The summed E-state index contributed by atoms with van der Waals surface area (Å²) in [6.45, 7) is 1.59. The summed E-state index contributed by atoms with van der Waals surface area (Å²) in [5.41, 5.74) is 6.16. The van der Waals surface area contributed by atoms with Gasteiger partial charge in [0.1, 0.15) is 0 Å². The lowest BCUT2D eigenvalue weighted by Crippen LogP contribution is -2.10. The van der Waals surface area contributed by atoms with Gasteiger partial charge in [0, 0.05) is 5.56 Å². The minimum absolute atomic E-state index is 0.226. The van der Waals surface area contributed by atoms with Crippen LogP contribution in [0.25, 0.3) is 0 Å². The van der Waals surface area contributed by atoms with Crippen LogP contribution < -0.4 is 5.73 Å². The molecule has 0 aliphatic heterocycles. The van der Waals surface area contributed by atoms with Crippen molar-refractivity contribution in [1.82, 2.24) is 0 Å². The first-order chi connectivity index (χ1) is 6.43. The van der Waals surface area contributed by atoms with Crippen molar-refractivity contribution in [3.8, 4) is 0 Å². The lowest BCUT2D eigenvalue weighted by atomic mass is 10.1. The molecule has 0 radical (unpaired) electrons. The van der Waals surface area contributed by atoms with Crippen LogP contribution in [0.1, 0.15) is 17.3 Å². The first-order valence-corrected chi connectivity index (χ1v) is 5.05. The SMILES string of the molecule is CC(Cl)C(=O)c1cc(Cl)c(N)c(Cl)c1. The molecule has 0 aliphatic carbocycles. The summed E-state index contributed by atoms with van der Waals surface area (Å²) in [6, 6.07) is 2.92. The number of carbonyl (C=O) groups excluding carboxylic acids is 1. The number of ketones is 1. The molecule has 0 spiro atoms. The van der Waals surface area contributed by atoms with Crippen molar-refractivity contribution in [3.05, 3.63) is 27.7 Å². The summed E-state index contributed by atoms with van der Waals surface area (Å²) in [6.07, 6.45) is 0. The Morgan fingerprint density at radius 1 is 1.36 bits per heavy atom. The van der Waals surface area contributed by atoms with Gasteiger partial charge in [0.25, 0.3) is 0 Å². The molecule has 0 aromatic heterocycles. The number of rotatable bonds is 2. The fourth-order valence-corrected chi connectivity index (χ4v) is 1.57. The molecule has 0 heterocycles. The quantitative estimate of drug-likeness (QED) is 0.498. The first-order valence-electron chi connectivity index (χ1n) is 3.86. The van der Waals surface area contributed by atoms with Crippen molar-refractivity contribution in [2.45, 2.75) is 12.3 Å². The van der Waals surface area contributed by atoms with E-state index in [1.165, 1.54) is 12.1 Å². The molecule has 1 unspecified atom stereocenters. The van der Waals surface area contributed by atoms with Crippen molar-refractivity contribution in [3.63, 3.8) is 0 Å². The van der Waals surface area contributed by atoms with E-state index in [0.717, 1.165) is 0 Å². The number of nitrogen functional groups attached to an aromatic ring is 1. The van der Waals surface area contributed by atoms with Gasteiger partial charge in [-0.3, -0.25) is 4.79 Å². The number of alkyl halides is 1. The molecule has 5 heteroatoms. The second-order valence-electron chi connectivity index (χ2n) is 2.83. The first kappa shape index (κ1) is 11.6. The Morgan fingerprint density at radius 3 is 2.14 bits per heavy atom. The van der Waals surface area contributed by atoms with Crippen LogP contribution in [0.15, 0.2) is 12.1 Å². The molecule has 1 aromatic carbocycles. The molecule has 0 saturated heterocycles. The van der Waals surface area contributed by atoms with Gasteiger partial charge in [-0.05, 0) is 19.1 Å². The minimum atomic E-state index is -0.606. The minimum Gasteiger partial charge on any atom is -0.396 e. The topological polar surface area (TPSA) is 43.1 Å². The maximum atomic E-state index is 11.5. The third-order valence-corrected chi connectivity index (χ3v) is 2.55. The van der Waals surface area contributed by atoms with Gasteiger partial charge in [-0.15, -0.1) is 11.6 Å². The Hall–Kier alpha value is -0.440. The number of nitrogens with two attached hydrogens (primary N) is 1. The molecule has 1 aromatic rings. The standard InChI is InChI=1S/C9H8Cl3NO/c1-4(10)9(14)5-2-6(11)8(13)7(12)3-5/h2-4H,13H2,1H3. The maximum Gasteiger partial charge on any atom is 0.180 e. The van der Waals surface area contributed by atoms with E-state index >= 15 is 0 Å². The van der Waals surface area contributed by atoms with E-state index in [-0.39, 0.29) is 21.5 Å². The van der Waals surface area contributed by atoms with E-state index in [2.05, 4.69) is 0 Å². The molecule has 1 rings (SSSR count). The number of hydrogen-bond acceptors (Lipinski definition) is 2. The van der Waals surface area contributed by atoms with E-state index < -0.39 is 5.38 Å². The van der Waals surface area contributed by atoms with Gasteiger partial charge < -0.3 is 5.73 Å². The van der Waals surface area contributed by atoms with Crippen molar-refractivity contribution in [2.75, 3.05) is 5.73 Å².